The number of carbonyl (C=O) groups is 2. The topological polar surface area (TPSA) is 97.2 Å². The molecule has 0 aliphatic rings. The number of nitrogens with zero attached hydrogens (tertiary/aromatic N) is 1. The largest absolute Gasteiger partial charge is 0.493 e. The van der Waals surface area contributed by atoms with Crippen LogP contribution in [0.25, 0.3) is 0 Å². The molecule has 0 aromatic heterocycles. The summed E-state index contributed by atoms with van der Waals surface area (Å²) in [5.41, 5.74) is 3.31. The molecule has 0 saturated heterocycles. The third kappa shape index (κ3) is 5.74. The smallest absolute Gasteiger partial charge is 0.343 e. The van der Waals surface area contributed by atoms with Crippen LogP contribution in [0.1, 0.15) is 27.6 Å². The normalized spacial score (nSPS) is 11.7. The third-order valence-corrected chi connectivity index (χ3v) is 4.20. The minimum atomic E-state index is -1.35. The number of hydrogen-bond acceptors (Lipinski definition) is 6. The molecule has 1 amide bonds. The van der Waals surface area contributed by atoms with Crippen molar-refractivity contribution in [1.29, 1.82) is 0 Å². The lowest BCUT2D eigenvalue weighted by molar-refractivity contribution is -0.129. The molecule has 1 atom stereocenters. The van der Waals surface area contributed by atoms with E-state index in [0.717, 1.165) is 6.07 Å². The number of ether oxygens (including phenoxy) is 2. The first-order chi connectivity index (χ1) is 15.0. The molecule has 1 unspecified atom stereocenters. The number of aliphatic hydroxyl groups is 1. The van der Waals surface area contributed by atoms with Gasteiger partial charge in [0, 0.05) is 0 Å². The molecular formula is C23H19FN2O5. The summed E-state index contributed by atoms with van der Waals surface area (Å²) < 4.78 is 23.8. The Hall–Kier alpha value is -4.04. The maximum absolute atomic E-state index is 13.3. The van der Waals surface area contributed by atoms with E-state index in [9.17, 15) is 19.1 Å². The van der Waals surface area contributed by atoms with Crippen LogP contribution < -0.4 is 14.9 Å². The van der Waals surface area contributed by atoms with Crippen LogP contribution in [0.4, 0.5) is 4.39 Å². The summed E-state index contributed by atoms with van der Waals surface area (Å²) in [6.45, 7) is 0. The van der Waals surface area contributed by atoms with E-state index < -0.39 is 23.8 Å². The first-order valence-electron chi connectivity index (χ1n) is 9.19. The Labute approximate surface area is 177 Å². The molecule has 2 N–H and O–H groups in total. The van der Waals surface area contributed by atoms with Crippen molar-refractivity contribution in [3.05, 3.63) is 95.3 Å². The number of hydrogen-bond donors (Lipinski definition) is 2. The van der Waals surface area contributed by atoms with E-state index in [1.165, 1.54) is 43.7 Å². The Morgan fingerprint density at radius 3 is 2.52 bits per heavy atom. The molecule has 3 aromatic carbocycles. The molecule has 0 fully saturated rings. The molecule has 3 aromatic rings. The Kier molecular flexibility index (Phi) is 7.08. The molecule has 3 rings (SSSR count). The third-order valence-electron chi connectivity index (χ3n) is 4.20. The fraction of sp³-hybridized carbons (Fsp3) is 0.0870. The number of aliphatic hydroxyl groups excluding tert-OH is 1. The van der Waals surface area contributed by atoms with Gasteiger partial charge in [0.15, 0.2) is 17.6 Å². The molecule has 0 bridgehead atoms. The Morgan fingerprint density at radius 2 is 1.81 bits per heavy atom. The summed E-state index contributed by atoms with van der Waals surface area (Å²) in [6.07, 6.45) is -0.00598. The molecule has 0 heterocycles. The minimum Gasteiger partial charge on any atom is -0.493 e. The van der Waals surface area contributed by atoms with Gasteiger partial charge in [-0.1, -0.05) is 36.4 Å². The van der Waals surface area contributed by atoms with Gasteiger partial charge >= 0.3 is 5.97 Å². The average Bonchev–Trinajstić information content (AvgIpc) is 2.79. The van der Waals surface area contributed by atoms with E-state index in [2.05, 4.69) is 10.5 Å². The van der Waals surface area contributed by atoms with Crippen molar-refractivity contribution in [2.45, 2.75) is 6.10 Å². The van der Waals surface area contributed by atoms with Gasteiger partial charge in [0.05, 0.1) is 18.9 Å². The second-order valence-corrected chi connectivity index (χ2v) is 6.36. The molecule has 8 heteroatoms. The van der Waals surface area contributed by atoms with E-state index in [0.29, 0.717) is 11.1 Å². The van der Waals surface area contributed by atoms with Crippen LogP contribution in [0.5, 0.6) is 11.5 Å². The van der Waals surface area contributed by atoms with Crippen LogP contribution in [-0.2, 0) is 4.79 Å². The molecular weight excluding hydrogens is 403 g/mol. The van der Waals surface area contributed by atoms with Crippen LogP contribution >= 0.6 is 0 Å². The number of benzene rings is 3. The van der Waals surface area contributed by atoms with Crippen molar-refractivity contribution in [2.75, 3.05) is 7.11 Å². The number of hydrazone groups is 1. The number of methoxy groups -OCH3 is 1. The maximum Gasteiger partial charge on any atom is 0.343 e. The molecule has 7 nitrogen and oxygen atoms in total. The van der Waals surface area contributed by atoms with Crippen LogP contribution in [0.3, 0.4) is 0 Å². The molecule has 0 aliphatic heterocycles. The van der Waals surface area contributed by atoms with Crippen molar-refractivity contribution < 1.29 is 28.6 Å². The highest BCUT2D eigenvalue weighted by Gasteiger charge is 2.16. The van der Waals surface area contributed by atoms with Crippen molar-refractivity contribution in [2.24, 2.45) is 5.10 Å². The lowest BCUT2D eigenvalue weighted by Gasteiger charge is -2.10. The predicted octanol–water partition coefficient (Wildman–Crippen LogP) is 3.24. The first kappa shape index (κ1) is 21.7. The summed E-state index contributed by atoms with van der Waals surface area (Å²) in [5, 5.41) is 13.8. The van der Waals surface area contributed by atoms with Crippen LogP contribution in [-0.4, -0.2) is 30.3 Å². The van der Waals surface area contributed by atoms with Crippen molar-refractivity contribution >= 4 is 18.1 Å². The van der Waals surface area contributed by atoms with E-state index in [1.54, 1.807) is 36.4 Å². The van der Waals surface area contributed by atoms with Gasteiger partial charge in [-0.25, -0.2) is 14.6 Å². The average molecular weight is 422 g/mol. The Morgan fingerprint density at radius 1 is 1.03 bits per heavy atom. The number of nitrogens with one attached hydrogen (secondary N) is 1. The molecule has 0 aliphatic carbocycles. The Bertz CT molecular complexity index is 1100. The number of carbonyl (C=O) groups excluding carboxylic acids is 2. The van der Waals surface area contributed by atoms with Crippen molar-refractivity contribution in [3.63, 3.8) is 0 Å². The highest BCUT2D eigenvalue weighted by molar-refractivity contribution is 5.91. The summed E-state index contributed by atoms with van der Waals surface area (Å²) in [4.78, 5) is 24.2. The van der Waals surface area contributed by atoms with Gasteiger partial charge in [-0.3, -0.25) is 4.79 Å². The monoisotopic (exact) mass is 422 g/mol. The summed E-state index contributed by atoms with van der Waals surface area (Å²) in [7, 11) is 1.40. The standard InChI is InChI=1S/C23H19FN2O5/c1-30-20-12-15(14-25-26-22(28)21(27)16-6-3-2-4-7-16)10-11-19(20)31-23(29)17-8-5-9-18(24)13-17/h2-14,21,27H,1H3,(H,26,28)/b25-14+. The molecule has 0 radical (unpaired) electrons. The van der Waals surface area contributed by atoms with E-state index in [1.807, 2.05) is 0 Å². The summed E-state index contributed by atoms with van der Waals surface area (Å²) in [5.74, 6) is -1.59. The fourth-order valence-corrected chi connectivity index (χ4v) is 2.64. The maximum atomic E-state index is 13.3. The minimum absolute atomic E-state index is 0.0624. The van der Waals surface area contributed by atoms with E-state index >= 15 is 0 Å². The van der Waals surface area contributed by atoms with E-state index in [4.69, 9.17) is 9.47 Å². The molecule has 0 spiro atoms. The lowest BCUT2D eigenvalue weighted by Crippen LogP contribution is -2.25. The molecule has 0 saturated carbocycles. The molecule has 158 valence electrons. The van der Waals surface area contributed by atoms with Gasteiger partial charge in [-0.2, -0.15) is 5.10 Å². The SMILES string of the molecule is COc1cc(/C=N/NC(=O)C(O)c2ccccc2)ccc1OC(=O)c1cccc(F)c1. The highest BCUT2D eigenvalue weighted by atomic mass is 19.1. The van der Waals surface area contributed by atoms with Gasteiger partial charge in [0.2, 0.25) is 0 Å². The zero-order valence-corrected chi connectivity index (χ0v) is 16.5. The van der Waals surface area contributed by atoms with E-state index in [-0.39, 0.29) is 17.1 Å². The van der Waals surface area contributed by atoms with Crippen LogP contribution in [0, 0.1) is 5.82 Å². The van der Waals surface area contributed by atoms with Gasteiger partial charge in [-0.05, 0) is 47.5 Å². The van der Waals surface area contributed by atoms with Crippen LogP contribution in [0.15, 0.2) is 77.9 Å². The van der Waals surface area contributed by atoms with Crippen molar-refractivity contribution in [3.8, 4) is 11.5 Å². The highest BCUT2D eigenvalue weighted by Crippen LogP contribution is 2.28. The lowest BCUT2D eigenvalue weighted by atomic mass is 10.1. The second-order valence-electron chi connectivity index (χ2n) is 6.36. The van der Waals surface area contributed by atoms with Crippen molar-refractivity contribution in [1.82, 2.24) is 5.43 Å². The first-order valence-corrected chi connectivity index (χ1v) is 9.19. The van der Waals surface area contributed by atoms with Gasteiger partial charge < -0.3 is 14.6 Å². The van der Waals surface area contributed by atoms with Gasteiger partial charge in [-0.15, -0.1) is 0 Å². The zero-order chi connectivity index (χ0) is 22.2. The number of esters is 1. The van der Waals surface area contributed by atoms with Gasteiger partial charge in [0.25, 0.3) is 5.91 Å². The van der Waals surface area contributed by atoms with Gasteiger partial charge in [0.1, 0.15) is 5.82 Å². The fourth-order valence-electron chi connectivity index (χ4n) is 2.64. The van der Waals surface area contributed by atoms with Crippen LogP contribution in [0.2, 0.25) is 0 Å². The number of rotatable bonds is 7. The zero-order valence-electron chi connectivity index (χ0n) is 16.5. The molecule has 31 heavy (non-hydrogen) atoms. The second kappa shape index (κ2) is 10.1. The quantitative estimate of drug-likeness (QED) is 0.264. The Balaban J connectivity index is 1.65. The predicted molar refractivity (Wildman–Crippen MR) is 111 cm³/mol. The number of amides is 1. The number of halogens is 1. The summed E-state index contributed by atoms with van der Waals surface area (Å²) in [6, 6.07) is 18.2. The summed E-state index contributed by atoms with van der Waals surface area (Å²) >= 11 is 0.